The van der Waals surface area contributed by atoms with E-state index in [1.807, 2.05) is 25.1 Å². The molecule has 1 aromatic carbocycles. The van der Waals surface area contributed by atoms with Crippen LogP contribution in [0.1, 0.15) is 15.9 Å². The van der Waals surface area contributed by atoms with Gasteiger partial charge in [0, 0.05) is 29.0 Å². The topological polar surface area (TPSA) is 83.8 Å². The van der Waals surface area contributed by atoms with Crippen molar-refractivity contribution in [2.24, 2.45) is 0 Å². The lowest BCUT2D eigenvalue weighted by Gasteiger charge is -2.06. The van der Waals surface area contributed by atoms with Gasteiger partial charge in [-0.05, 0) is 36.8 Å². The maximum absolute atomic E-state index is 12.3. The average molecular weight is 266 g/mol. The minimum atomic E-state index is -0.205. The first kappa shape index (κ1) is 12.2. The maximum atomic E-state index is 12.3. The van der Waals surface area contributed by atoms with E-state index in [-0.39, 0.29) is 5.91 Å². The number of carbonyl (C=O) groups excluding carboxylic acids is 1. The number of anilines is 2. The second-order valence-electron chi connectivity index (χ2n) is 4.63. The van der Waals surface area contributed by atoms with E-state index in [1.54, 1.807) is 24.5 Å². The number of H-pyrrole nitrogens is 1. The Labute approximate surface area is 115 Å². The second-order valence-corrected chi connectivity index (χ2v) is 4.63. The Kier molecular flexibility index (Phi) is 2.87. The van der Waals surface area contributed by atoms with Crippen molar-refractivity contribution in [1.29, 1.82) is 0 Å². The minimum Gasteiger partial charge on any atom is -0.399 e. The van der Waals surface area contributed by atoms with E-state index in [0.717, 1.165) is 16.5 Å². The van der Waals surface area contributed by atoms with Crippen LogP contribution in [0, 0.1) is 6.92 Å². The summed E-state index contributed by atoms with van der Waals surface area (Å²) in [6.07, 6.45) is 3.33. The lowest BCUT2D eigenvalue weighted by molar-refractivity contribution is 0.102. The zero-order valence-corrected chi connectivity index (χ0v) is 11.0. The van der Waals surface area contributed by atoms with Crippen LogP contribution < -0.4 is 11.1 Å². The van der Waals surface area contributed by atoms with Crippen molar-refractivity contribution < 1.29 is 4.79 Å². The molecule has 2 heterocycles. The van der Waals surface area contributed by atoms with Crippen molar-refractivity contribution in [3.8, 4) is 0 Å². The summed E-state index contributed by atoms with van der Waals surface area (Å²) in [6, 6.07) is 9.16. The number of hydrogen-bond donors (Lipinski definition) is 3. The lowest BCUT2D eigenvalue weighted by atomic mass is 10.1. The first-order valence-corrected chi connectivity index (χ1v) is 6.25. The van der Waals surface area contributed by atoms with Gasteiger partial charge in [-0.1, -0.05) is 6.07 Å². The molecule has 0 saturated heterocycles. The molecule has 0 bridgehead atoms. The summed E-state index contributed by atoms with van der Waals surface area (Å²) in [5, 5.41) is 3.62. The van der Waals surface area contributed by atoms with Gasteiger partial charge < -0.3 is 16.0 Å². The number of nitrogens with one attached hydrogen (secondary N) is 2. The van der Waals surface area contributed by atoms with Gasteiger partial charge in [-0.25, -0.2) is 4.98 Å². The highest BCUT2D eigenvalue weighted by atomic mass is 16.1. The molecule has 0 spiro atoms. The number of nitrogens with zero attached hydrogens (tertiary/aromatic N) is 1. The highest BCUT2D eigenvalue weighted by Crippen LogP contribution is 2.22. The molecule has 3 aromatic rings. The molecule has 0 saturated carbocycles. The van der Waals surface area contributed by atoms with E-state index in [4.69, 9.17) is 5.73 Å². The van der Waals surface area contributed by atoms with Gasteiger partial charge in [-0.3, -0.25) is 4.79 Å². The van der Waals surface area contributed by atoms with Crippen LogP contribution in [0.3, 0.4) is 0 Å². The van der Waals surface area contributed by atoms with Crippen molar-refractivity contribution in [1.82, 2.24) is 9.97 Å². The zero-order valence-electron chi connectivity index (χ0n) is 11.0. The maximum Gasteiger partial charge on any atom is 0.258 e. The fourth-order valence-corrected chi connectivity index (χ4v) is 2.12. The Morgan fingerprint density at radius 3 is 3.00 bits per heavy atom. The lowest BCUT2D eigenvalue weighted by Crippen LogP contribution is -2.13. The normalized spacial score (nSPS) is 10.7. The number of aromatic nitrogens is 2. The van der Waals surface area contributed by atoms with Gasteiger partial charge in [-0.2, -0.15) is 0 Å². The summed E-state index contributed by atoms with van der Waals surface area (Å²) in [4.78, 5) is 19.6. The van der Waals surface area contributed by atoms with Crippen LogP contribution >= 0.6 is 0 Å². The second kappa shape index (κ2) is 4.70. The molecule has 0 fully saturated rings. The fourth-order valence-electron chi connectivity index (χ4n) is 2.12. The summed E-state index contributed by atoms with van der Waals surface area (Å²) in [6.45, 7) is 1.90. The Morgan fingerprint density at radius 1 is 1.35 bits per heavy atom. The molecule has 0 aliphatic rings. The highest BCUT2D eigenvalue weighted by Gasteiger charge is 2.13. The van der Waals surface area contributed by atoms with E-state index in [1.165, 1.54) is 0 Å². The summed E-state index contributed by atoms with van der Waals surface area (Å²) in [5.74, 6) is 0.361. The molecule has 5 heteroatoms. The van der Waals surface area contributed by atoms with E-state index in [0.29, 0.717) is 17.1 Å². The van der Waals surface area contributed by atoms with Crippen LogP contribution in [0.4, 0.5) is 11.5 Å². The van der Waals surface area contributed by atoms with Gasteiger partial charge in [0.1, 0.15) is 5.82 Å². The van der Waals surface area contributed by atoms with Crippen LogP contribution in [0.25, 0.3) is 10.9 Å². The van der Waals surface area contributed by atoms with Crippen molar-refractivity contribution in [2.75, 3.05) is 11.1 Å². The Morgan fingerprint density at radius 2 is 2.20 bits per heavy atom. The van der Waals surface area contributed by atoms with Gasteiger partial charge in [0.25, 0.3) is 5.91 Å². The molecule has 0 unspecified atom stereocenters. The van der Waals surface area contributed by atoms with E-state index in [9.17, 15) is 4.79 Å². The van der Waals surface area contributed by atoms with Crippen molar-refractivity contribution >= 4 is 28.3 Å². The average Bonchev–Trinajstić information content (AvgIpc) is 2.84. The quantitative estimate of drug-likeness (QED) is 0.623. The largest absolute Gasteiger partial charge is 0.399 e. The van der Waals surface area contributed by atoms with Crippen LogP contribution in [-0.4, -0.2) is 15.9 Å². The molecule has 0 radical (unpaired) electrons. The van der Waals surface area contributed by atoms with Gasteiger partial charge in [0.15, 0.2) is 0 Å². The number of pyridine rings is 1. The fraction of sp³-hybridized carbons (Fsp3) is 0.0667. The molecule has 1 amide bonds. The smallest absolute Gasteiger partial charge is 0.258 e. The van der Waals surface area contributed by atoms with Gasteiger partial charge in [-0.15, -0.1) is 0 Å². The molecule has 4 N–H and O–H groups in total. The molecule has 0 atom stereocenters. The predicted molar refractivity (Wildman–Crippen MR) is 79.6 cm³/mol. The summed E-state index contributed by atoms with van der Waals surface area (Å²) in [5.41, 5.74) is 8.74. The number of benzene rings is 1. The predicted octanol–water partition coefficient (Wildman–Crippen LogP) is 2.71. The first-order valence-electron chi connectivity index (χ1n) is 6.25. The molecular weight excluding hydrogens is 252 g/mol. The number of aryl methyl sites for hydroxylation is 1. The Bertz CT molecular complexity index is 791. The third-order valence-electron chi connectivity index (χ3n) is 3.19. The van der Waals surface area contributed by atoms with Crippen molar-refractivity contribution in [2.45, 2.75) is 6.92 Å². The number of amides is 1. The van der Waals surface area contributed by atoms with Crippen LogP contribution in [0.2, 0.25) is 0 Å². The molecule has 100 valence electrons. The molecular formula is C15H14N4O. The van der Waals surface area contributed by atoms with Crippen LogP contribution in [-0.2, 0) is 0 Å². The number of nitrogen functional groups attached to an aromatic ring is 1. The molecule has 0 aliphatic carbocycles. The van der Waals surface area contributed by atoms with E-state index in [2.05, 4.69) is 15.3 Å². The third kappa shape index (κ3) is 2.09. The molecule has 3 rings (SSSR count). The Balaban J connectivity index is 1.97. The van der Waals surface area contributed by atoms with Crippen molar-refractivity contribution in [3.63, 3.8) is 0 Å². The number of aromatic amines is 1. The number of rotatable bonds is 2. The summed E-state index contributed by atoms with van der Waals surface area (Å²) in [7, 11) is 0. The molecule has 2 aromatic heterocycles. The monoisotopic (exact) mass is 266 g/mol. The van der Waals surface area contributed by atoms with Crippen LogP contribution in [0.15, 0.2) is 42.7 Å². The van der Waals surface area contributed by atoms with E-state index >= 15 is 0 Å². The van der Waals surface area contributed by atoms with Gasteiger partial charge in [0.2, 0.25) is 0 Å². The third-order valence-corrected chi connectivity index (χ3v) is 3.19. The molecule has 20 heavy (non-hydrogen) atoms. The Hall–Kier alpha value is -2.82. The highest BCUT2D eigenvalue weighted by molar-refractivity contribution is 6.13. The van der Waals surface area contributed by atoms with Crippen molar-refractivity contribution in [3.05, 3.63) is 53.9 Å². The molecule has 5 nitrogen and oxygen atoms in total. The minimum absolute atomic E-state index is 0.205. The van der Waals surface area contributed by atoms with Crippen LogP contribution in [0.5, 0.6) is 0 Å². The first-order chi connectivity index (χ1) is 9.65. The number of hydrogen-bond acceptors (Lipinski definition) is 3. The number of nitrogens with two attached hydrogens (primary N) is 1. The van der Waals surface area contributed by atoms with Gasteiger partial charge >= 0.3 is 0 Å². The van der Waals surface area contributed by atoms with E-state index < -0.39 is 0 Å². The summed E-state index contributed by atoms with van der Waals surface area (Å²) < 4.78 is 0. The zero-order chi connectivity index (χ0) is 14.1. The number of carbonyl (C=O) groups is 1. The SMILES string of the molecule is Cc1cccnc1NC(=O)c1c[nH]c2ccc(N)cc12. The molecule has 0 aliphatic heterocycles. The standard InChI is InChI=1S/C15H14N4O/c1-9-3-2-6-17-14(9)19-15(20)12-8-18-13-5-4-10(16)7-11(12)13/h2-8,18H,16H2,1H3,(H,17,19,20). The number of fused-ring (bicyclic) bond motifs is 1. The van der Waals surface area contributed by atoms with Gasteiger partial charge in [0.05, 0.1) is 5.56 Å². The summed E-state index contributed by atoms with van der Waals surface area (Å²) >= 11 is 0.